The van der Waals surface area contributed by atoms with E-state index in [0.29, 0.717) is 28.9 Å². The van der Waals surface area contributed by atoms with Crippen molar-refractivity contribution in [2.75, 3.05) is 19.0 Å². The number of aryl methyl sites for hydroxylation is 2. The first-order valence-electron chi connectivity index (χ1n) is 9.02. The fraction of sp³-hybridized carbons (Fsp3) is 0.400. The number of aromatic nitrogens is 2. The van der Waals surface area contributed by atoms with Crippen LogP contribution < -0.4 is 14.8 Å². The first-order chi connectivity index (χ1) is 13.0. The van der Waals surface area contributed by atoms with E-state index in [1.165, 1.54) is 6.08 Å². The van der Waals surface area contributed by atoms with Crippen LogP contribution in [0.5, 0.6) is 11.5 Å². The number of nitrogens with zero attached hydrogens (tertiary/aromatic N) is 2. The second kappa shape index (κ2) is 10.0. The minimum Gasteiger partial charge on any atom is -0.493 e. The van der Waals surface area contributed by atoms with E-state index in [1.54, 1.807) is 36.1 Å². The fourth-order valence-electron chi connectivity index (χ4n) is 2.58. The highest BCUT2D eigenvalue weighted by molar-refractivity contribution is 6.31. The second-order valence-corrected chi connectivity index (χ2v) is 6.35. The molecule has 7 heteroatoms. The summed E-state index contributed by atoms with van der Waals surface area (Å²) < 4.78 is 12.5. The summed E-state index contributed by atoms with van der Waals surface area (Å²) in [7, 11) is 1.56. The van der Waals surface area contributed by atoms with Gasteiger partial charge in [-0.3, -0.25) is 9.48 Å². The highest BCUT2D eigenvalue weighted by Gasteiger charge is 2.11. The van der Waals surface area contributed by atoms with Crippen LogP contribution in [0.2, 0.25) is 5.15 Å². The van der Waals surface area contributed by atoms with Crippen LogP contribution in [0.1, 0.15) is 37.9 Å². The molecule has 1 aromatic carbocycles. The number of ether oxygens (including phenoxy) is 2. The number of hydrogen-bond donors (Lipinski definition) is 1. The van der Waals surface area contributed by atoms with Crippen LogP contribution in [0.3, 0.4) is 0 Å². The molecule has 0 saturated heterocycles. The monoisotopic (exact) mass is 391 g/mol. The molecule has 1 aromatic heterocycles. The molecule has 0 aliphatic rings. The number of anilines is 1. The average Bonchev–Trinajstić information content (AvgIpc) is 2.92. The fourth-order valence-corrected chi connectivity index (χ4v) is 2.90. The highest BCUT2D eigenvalue weighted by Crippen LogP contribution is 2.30. The molecule has 146 valence electrons. The molecule has 0 aliphatic heterocycles. The van der Waals surface area contributed by atoms with Crippen LogP contribution in [-0.2, 0) is 11.3 Å². The lowest BCUT2D eigenvalue weighted by atomic mass is 10.2. The maximum absolute atomic E-state index is 12.3. The van der Waals surface area contributed by atoms with Crippen molar-refractivity contribution >= 4 is 29.3 Å². The molecule has 1 heterocycles. The van der Waals surface area contributed by atoms with Crippen LogP contribution in [0.4, 0.5) is 5.69 Å². The van der Waals surface area contributed by atoms with Gasteiger partial charge in [-0.1, -0.05) is 24.9 Å². The summed E-state index contributed by atoms with van der Waals surface area (Å²) in [5.74, 6) is 0.933. The Morgan fingerprint density at radius 3 is 2.78 bits per heavy atom. The Bertz CT molecular complexity index is 815. The lowest BCUT2D eigenvalue weighted by Gasteiger charge is -2.11. The van der Waals surface area contributed by atoms with E-state index in [0.717, 1.165) is 30.6 Å². The zero-order valence-electron chi connectivity index (χ0n) is 16.2. The molecule has 6 nitrogen and oxygen atoms in total. The zero-order valence-corrected chi connectivity index (χ0v) is 17.0. The highest BCUT2D eigenvalue weighted by atomic mass is 35.5. The number of unbranched alkanes of at least 4 members (excludes halogenated alkanes) is 1. The quantitative estimate of drug-likeness (QED) is 0.629. The van der Waals surface area contributed by atoms with Gasteiger partial charge in [0.1, 0.15) is 5.15 Å². The van der Waals surface area contributed by atoms with Crippen molar-refractivity contribution in [2.24, 2.45) is 0 Å². The van der Waals surface area contributed by atoms with Gasteiger partial charge in [0, 0.05) is 29.9 Å². The van der Waals surface area contributed by atoms with E-state index in [1.807, 2.05) is 13.8 Å². The Kier molecular flexibility index (Phi) is 7.73. The zero-order chi connectivity index (χ0) is 19.8. The van der Waals surface area contributed by atoms with Crippen molar-refractivity contribution in [1.29, 1.82) is 0 Å². The van der Waals surface area contributed by atoms with Gasteiger partial charge in [0.25, 0.3) is 0 Å². The number of nitrogens with one attached hydrogen (secondary N) is 1. The third-order valence-electron chi connectivity index (χ3n) is 3.97. The first-order valence-corrected chi connectivity index (χ1v) is 9.40. The van der Waals surface area contributed by atoms with Gasteiger partial charge in [0.05, 0.1) is 19.4 Å². The van der Waals surface area contributed by atoms with Crippen LogP contribution in [0.25, 0.3) is 6.08 Å². The van der Waals surface area contributed by atoms with Gasteiger partial charge in [0.15, 0.2) is 11.5 Å². The third kappa shape index (κ3) is 5.50. The van der Waals surface area contributed by atoms with Crippen molar-refractivity contribution in [3.05, 3.63) is 40.7 Å². The van der Waals surface area contributed by atoms with Gasteiger partial charge in [-0.2, -0.15) is 5.10 Å². The number of carbonyl (C=O) groups is 1. The minimum absolute atomic E-state index is 0.266. The van der Waals surface area contributed by atoms with Crippen molar-refractivity contribution in [1.82, 2.24) is 9.78 Å². The van der Waals surface area contributed by atoms with E-state index in [-0.39, 0.29) is 5.91 Å². The molecule has 0 spiro atoms. The van der Waals surface area contributed by atoms with E-state index >= 15 is 0 Å². The van der Waals surface area contributed by atoms with Crippen molar-refractivity contribution in [3.63, 3.8) is 0 Å². The molecule has 2 rings (SSSR count). The normalized spacial score (nSPS) is 11.0. The molecular formula is C20H26ClN3O3. The van der Waals surface area contributed by atoms with Gasteiger partial charge in [-0.25, -0.2) is 0 Å². The molecule has 2 aromatic rings. The average molecular weight is 392 g/mol. The van der Waals surface area contributed by atoms with Gasteiger partial charge in [0.2, 0.25) is 5.91 Å². The molecular weight excluding hydrogens is 366 g/mol. The number of hydrogen-bond acceptors (Lipinski definition) is 4. The van der Waals surface area contributed by atoms with Crippen LogP contribution >= 0.6 is 11.6 Å². The number of methoxy groups -OCH3 is 1. The summed E-state index contributed by atoms with van der Waals surface area (Å²) in [4.78, 5) is 12.3. The Hall–Kier alpha value is -2.47. The predicted octanol–water partition coefficient (Wildman–Crippen LogP) is 4.70. The van der Waals surface area contributed by atoms with Gasteiger partial charge < -0.3 is 14.8 Å². The Balaban J connectivity index is 2.08. The van der Waals surface area contributed by atoms with Gasteiger partial charge in [-0.15, -0.1) is 0 Å². The van der Waals surface area contributed by atoms with Gasteiger partial charge in [-0.05, 0) is 38.5 Å². The standard InChI is InChI=1S/C20H26ClN3O3/c1-5-7-12-24-20(21)16(14(3)23-24)9-11-19(25)22-15-8-10-17(27-6-2)18(13-15)26-4/h8-11,13H,5-7,12H2,1-4H3,(H,22,25)/b11-9+. The summed E-state index contributed by atoms with van der Waals surface area (Å²) in [6, 6.07) is 5.25. The van der Waals surface area contributed by atoms with Crippen LogP contribution in [0.15, 0.2) is 24.3 Å². The number of amides is 1. The molecule has 1 N–H and O–H groups in total. The molecule has 0 fully saturated rings. The number of halogens is 1. The van der Waals surface area contributed by atoms with Crippen LogP contribution in [0, 0.1) is 6.92 Å². The minimum atomic E-state index is -0.266. The number of benzene rings is 1. The summed E-state index contributed by atoms with van der Waals surface area (Å²) >= 11 is 6.38. The first kappa shape index (κ1) is 20.8. The molecule has 27 heavy (non-hydrogen) atoms. The van der Waals surface area contributed by atoms with E-state index in [4.69, 9.17) is 21.1 Å². The van der Waals surface area contributed by atoms with E-state index in [2.05, 4.69) is 17.3 Å². The van der Waals surface area contributed by atoms with Gasteiger partial charge >= 0.3 is 0 Å². The largest absolute Gasteiger partial charge is 0.493 e. The molecule has 1 amide bonds. The third-order valence-corrected chi connectivity index (χ3v) is 4.36. The molecule has 0 unspecified atom stereocenters. The molecule has 0 radical (unpaired) electrons. The Morgan fingerprint density at radius 1 is 1.33 bits per heavy atom. The predicted molar refractivity (Wildman–Crippen MR) is 109 cm³/mol. The van der Waals surface area contributed by atoms with Crippen molar-refractivity contribution < 1.29 is 14.3 Å². The molecule has 0 aliphatic carbocycles. The summed E-state index contributed by atoms with van der Waals surface area (Å²) in [6.45, 7) is 7.20. The topological polar surface area (TPSA) is 65.4 Å². The number of rotatable bonds is 9. The van der Waals surface area contributed by atoms with Crippen LogP contribution in [-0.4, -0.2) is 29.4 Å². The SMILES string of the molecule is CCCCn1nc(C)c(/C=C/C(=O)Nc2ccc(OCC)c(OC)c2)c1Cl. The molecule has 0 saturated carbocycles. The van der Waals surface area contributed by atoms with Crippen molar-refractivity contribution in [2.45, 2.75) is 40.2 Å². The molecule has 0 bridgehead atoms. The lowest BCUT2D eigenvalue weighted by Crippen LogP contribution is -2.08. The Morgan fingerprint density at radius 2 is 2.11 bits per heavy atom. The summed E-state index contributed by atoms with van der Waals surface area (Å²) in [5.41, 5.74) is 2.17. The second-order valence-electron chi connectivity index (χ2n) is 5.99. The maximum Gasteiger partial charge on any atom is 0.248 e. The summed E-state index contributed by atoms with van der Waals surface area (Å²) in [6.07, 6.45) is 5.20. The smallest absolute Gasteiger partial charge is 0.248 e. The number of carbonyl (C=O) groups excluding carboxylic acids is 1. The summed E-state index contributed by atoms with van der Waals surface area (Å²) in [5, 5.41) is 7.78. The van der Waals surface area contributed by atoms with E-state index in [9.17, 15) is 4.79 Å². The van der Waals surface area contributed by atoms with Crippen molar-refractivity contribution in [3.8, 4) is 11.5 Å². The maximum atomic E-state index is 12.3. The van der Waals surface area contributed by atoms with E-state index < -0.39 is 0 Å². The lowest BCUT2D eigenvalue weighted by molar-refractivity contribution is -0.111. The Labute approximate surface area is 165 Å². The molecule has 0 atom stereocenters.